The fourth-order valence-corrected chi connectivity index (χ4v) is 2.35. The van der Waals surface area contributed by atoms with Gasteiger partial charge in [-0.3, -0.25) is 19.8 Å². The summed E-state index contributed by atoms with van der Waals surface area (Å²) >= 11 is 0. The molecule has 2 amide bonds. The minimum absolute atomic E-state index is 0.00416. The molecule has 12 heteroatoms. The molecule has 0 spiro atoms. The standard InChI is InChI=1S/C16H21N9O3/c1-9(25-8-21-14(24(3)28)13(25)16(27)19-2)15(26)23-12-7-20-6-11(22-12)10(4-17)5-18/h4-9,17,28H,18H2,1-3H3,(H,19,27)(H,22,23,26)/b10-5+,17-4?/t9-/m0/s1. The van der Waals surface area contributed by atoms with Gasteiger partial charge in [0.2, 0.25) is 5.91 Å². The van der Waals surface area contributed by atoms with Crippen molar-refractivity contribution in [2.24, 2.45) is 5.73 Å². The summed E-state index contributed by atoms with van der Waals surface area (Å²) in [5, 5.41) is 22.7. The predicted molar refractivity (Wildman–Crippen MR) is 102 cm³/mol. The first-order chi connectivity index (χ1) is 13.3. The summed E-state index contributed by atoms with van der Waals surface area (Å²) in [6.45, 7) is 1.56. The second kappa shape index (κ2) is 8.73. The number of anilines is 2. The topological polar surface area (TPSA) is 175 Å². The average Bonchev–Trinajstić information content (AvgIpc) is 3.13. The minimum atomic E-state index is -0.855. The number of hydrogen-bond donors (Lipinski definition) is 5. The monoisotopic (exact) mass is 387 g/mol. The summed E-state index contributed by atoms with van der Waals surface area (Å²) in [7, 11) is 2.75. The Kier molecular flexibility index (Phi) is 6.39. The van der Waals surface area contributed by atoms with Crippen molar-refractivity contribution in [3.63, 3.8) is 0 Å². The van der Waals surface area contributed by atoms with Crippen LogP contribution in [0.15, 0.2) is 24.9 Å². The van der Waals surface area contributed by atoms with E-state index < -0.39 is 17.9 Å². The SMILES string of the molecule is CNC(=O)c1c(N(C)O)ncn1[C@@H](C)C(=O)Nc1cncc(/C(C=N)=C/N)n1. The van der Waals surface area contributed by atoms with Crippen molar-refractivity contribution in [1.29, 1.82) is 5.41 Å². The molecule has 2 rings (SSSR count). The number of rotatable bonds is 7. The molecule has 6 N–H and O–H groups in total. The molecule has 2 aromatic heterocycles. The fourth-order valence-electron chi connectivity index (χ4n) is 2.35. The van der Waals surface area contributed by atoms with E-state index in [1.165, 1.54) is 43.6 Å². The van der Waals surface area contributed by atoms with E-state index >= 15 is 0 Å². The van der Waals surface area contributed by atoms with Gasteiger partial charge in [-0.25, -0.2) is 15.0 Å². The molecule has 0 unspecified atom stereocenters. The number of nitrogens with two attached hydrogens (primary N) is 1. The number of amides is 2. The molecule has 0 aliphatic heterocycles. The highest BCUT2D eigenvalue weighted by atomic mass is 16.5. The zero-order chi connectivity index (χ0) is 20.8. The third-order valence-corrected chi connectivity index (χ3v) is 3.84. The highest BCUT2D eigenvalue weighted by molar-refractivity contribution is 6.07. The van der Waals surface area contributed by atoms with Gasteiger partial charge in [-0.15, -0.1) is 0 Å². The zero-order valence-corrected chi connectivity index (χ0v) is 15.5. The molecule has 0 fully saturated rings. The van der Waals surface area contributed by atoms with E-state index in [9.17, 15) is 14.8 Å². The van der Waals surface area contributed by atoms with Gasteiger partial charge in [0, 0.05) is 32.1 Å². The Morgan fingerprint density at radius 3 is 2.71 bits per heavy atom. The fraction of sp³-hybridized carbons (Fsp3) is 0.250. The first kappa shape index (κ1) is 20.5. The van der Waals surface area contributed by atoms with Crippen molar-refractivity contribution in [2.45, 2.75) is 13.0 Å². The third-order valence-electron chi connectivity index (χ3n) is 3.84. The lowest BCUT2D eigenvalue weighted by Gasteiger charge is -2.17. The summed E-state index contributed by atoms with van der Waals surface area (Å²) in [5.41, 5.74) is 6.11. The first-order valence-electron chi connectivity index (χ1n) is 8.11. The van der Waals surface area contributed by atoms with Gasteiger partial charge in [-0.1, -0.05) is 0 Å². The Morgan fingerprint density at radius 2 is 2.14 bits per heavy atom. The van der Waals surface area contributed by atoms with Gasteiger partial charge in [-0.05, 0) is 6.92 Å². The van der Waals surface area contributed by atoms with Crippen LogP contribution in [0.5, 0.6) is 0 Å². The maximum Gasteiger partial charge on any atom is 0.271 e. The number of hydrogen-bond acceptors (Lipinski definition) is 9. The lowest BCUT2D eigenvalue weighted by atomic mass is 10.2. The second-order valence-corrected chi connectivity index (χ2v) is 5.65. The highest BCUT2D eigenvalue weighted by Gasteiger charge is 2.26. The van der Waals surface area contributed by atoms with Crippen LogP contribution in [0.3, 0.4) is 0 Å². The Morgan fingerprint density at radius 1 is 1.43 bits per heavy atom. The smallest absolute Gasteiger partial charge is 0.271 e. The molecule has 2 heterocycles. The molecule has 28 heavy (non-hydrogen) atoms. The molecule has 0 aliphatic rings. The van der Waals surface area contributed by atoms with Gasteiger partial charge >= 0.3 is 0 Å². The number of imidazole rings is 1. The summed E-state index contributed by atoms with van der Waals surface area (Å²) in [5.74, 6) is -0.853. The van der Waals surface area contributed by atoms with Crippen LogP contribution >= 0.6 is 0 Å². The van der Waals surface area contributed by atoms with E-state index in [2.05, 4.69) is 25.6 Å². The van der Waals surface area contributed by atoms with Gasteiger partial charge in [0.25, 0.3) is 5.91 Å². The van der Waals surface area contributed by atoms with Crippen LogP contribution in [0.1, 0.15) is 29.1 Å². The molecular formula is C16H21N9O3. The molecule has 12 nitrogen and oxygen atoms in total. The Labute approximate surface area is 160 Å². The van der Waals surface area contributed by atoms with Crippen molar-refractivity contribution in [3.05, 3.63) is 36.3 Å². The van der Waals surface area contributed by atoms with E-state index in [4.69, 9.17) is 11.1 Å². The van der Waals surface area contributed by atoms with Crippen LogP contribution in [0.2, 0.25) is 0 Å². The minimum Gasteiger partial charge on any atom is -0.404 e. The van der Waals surface area contributed by atoms with Gasteiger partial charge < -0.3 is 26.3 Å². The van der Waals surface area contributed by atoms with Crippen LogP contribution in [0.4, 0.5) is 11.6 Å². The van der Waals surface area contributed by atoms with Crippen LogP contribution in [-0.4, -0.2) is 56.9 Å². The molecule has 0 aliphatic carbocycles. The normalized spacial score (nSPS) is 12.2. The van der Waals surface area contributed by atoms with Crippen molar-refractivity contribution in [3.8, 4) is 0 Å². The Hall–Kier alpha value is -3.80. The molecule has 1 atom stereocenters. The van der Waals surface area contributed by atoms with Gasteiger partial charge in [0.1, 0.15) is 6.04 Å². The largest absolute Gasteiger partial charge is 0.404 e. The molecule has 2 aromatic rings. The number of aromatic nitrogens is 4. The van der Waals surface area contributed by atoms with Crippen molar-refractivity contribution >= 4 is 35.2 Å². The third kappa shape index (κ3) is 4.12. The van der Waals surface area contributed by atoms with Crippen molar-refractivity contribution in [2.75, 3.05) is 24.5 Å². The van der Waals surface area contributed by atoms with Crippen LogP contribution in [0.25, 0.3) is 5.57 Å². The van der Waals surface area contributed by atoms with E-state index in [1.54, 1.807) is 6.92 Å². The number of nitrogens with zero attached hydrogens (tertiary/aromatic N) is 5. The molecule has 0 radical (unpaired) electrons. The predicted octanol–water partition coefficient (Wildman–Crippen LogP) is 0.00697. The van der Waals surface area contributed by atoms with E-state index in [0.29, 0.717) is 16.3 Å². The molecular weight excluding hydrogens is 366 g/mol. The summed E-state index contributed by atoms with van der Waals surface area (Å²) in [6.07, 6.45) is 6.26. The van der Waals surface area contributed by atoms with Crippen LogP contribution in [-0.2, 0) is 4.79 Å². The van der Waals surface area contributed by atoms with E-state index in [0.717, 1.165) is 6.21 Å². The summed E-state index contributed by atoms with van der Waals surface area (Å²) < 4.78 is 1.33. The van der Waals surface area contributed by atoms with E-state index in [1.807, 2.05) is 0 Å². The molecule has 0 aromatic carbocycles. The maximum atomic E-state index is 12.7. The molecule has 0 bridgehead atoms. The van der Waals surface area contributed by atoms with Crippen molar-refractivity contribution in [1.82, 2.24) is 24.8 Å². The molecule has 0 saturated carbocycles. The maximum absolute atomic E-state index is 12.7. The van der Waals surface area contributed by atoms with Gasteiger partial charge in [-0.2, -0.15) is 0 Å². The number of carbonyl (C=O) groups excluding carboxylic acids is 2. The first-order valence-corrected chi connectivity index (χ1v) is 8.11. The Balaban J connectivity index is 2.30. The Bertz CT molecular complexity index is 920. The van der Waals surface area contributed by atoms with Crippen molar-refractivity contribution < 1.29 is 14.8 Å². The molecule has 148 valence electrons. The van der Waals surface area contributed by atoms with Gasteiger partial charge in [0.05, 0.1) is 24.4 Å². The quantitative estimate of drug-likeness (QED) is 0.326. The highest BCUT2D eigenvalue weighted by Crippen LogP contribution is 2.21. The lowest BCUT2D eigenvalue weighted by Crippen LogP contribution is -2.30. The van der Waals surface area contributed by atoms with Crippen LogP contribution in [0, 0.1) is 5.41 Å². The van der Waals surface area contributed by atoms with Crippen LogP contribution < -0.4 is 21.4 Å². The number of nitrogens with one attached hydrogen (secondary N) is 3. The number of hydroxylamine groups is 1. The molecule has 0 saturated heterocycles. The zero-order valence-electron chi connectivity index (χ0n) is 15.5. The number of allylic oxidation sites excluding steroid dienone is 1. The average molecular weight is 387 g/mol. The lowest BCUT2D eigenvalue weighted by molar-refractivity contribution is -0.118. The van der Waals surface area contributed by atoms with Gasteiger partial charge in [0.15, 0.2) is 17.3 Å². The number of carbonyl (C=O) groups is 2. The van der Waals surface area contributed by atoms with E-state index in [-0.39, 0.29) is 17.3 Å². The summed E-state index contributed by atoms with van der Waals surface area (Å²) in [6, 6.07) is -0.855. The summed E-state index contributed by atoms with van der Waals surface area (Å²) in [4.78, 5) is 37.0. The second-order valence-electron chi connectivity index (χ2n) is 5.65.